The number of piperazine rings is 1. The molecule has 2 aliphatic rings. The molecule has 4 heterocycles. The van der Waals surface area contributed by atoms with Crippen molar-refractivity contribution < 1.29 is 22.7 Å². The van der Waals surface area contributed by atoms with Crippen molar-refractivity contribution in [1.29, 1.82) is 0 Å². The third kappa shape index (κ3) is 4.69. The lowest BCUT2D eigenvalue weighted by atomic mass is 9.91. The summed E-state index contributed by atoms with van der Waals surface area (Å²) in [5.41, 5.74) is 0.758. The number of rotatable bonds is 5. The number of aryl methyl sites for hydroxylation is 1. The number of carbonyl (C=O) groups excluding carboxylic acids is 1. The van der Waals surface area contributed by atoms with Crippen LogP contribution in [0.1, 0.15) is 31.0 Å². The van der Waals surface area contributed by atoms with E-state index >= 15 is 13.2 Å². The first-order chi connectivity index (χ1) is 20.5. The van der Waals surface area contributed by atoms with Crippen molar-refractivity contribution in [3.05, 3.63) is 58.7 Å². The first-order valence-corrected chi connectivity index (χ1v) is 14.9. The number of hydrogen-bond acceptors (Lipinski definition) is 7. The van der Waals surface area contributed by atoms with E-state index in [9.17, 15) is 9.59 Å². The number of benzene rings is 2. The number of H-pyrrole nitrogens is 1. The summed E-state index contributed by atoms with van der Waals surface area (Å²) in [5.74, 6) is 0.286. The molecule has 13 heteroatoms. The van der Waals surface area contributed by atoms with Crippen molar-refractivity contribution in [2.24, 2.45) is 0 Å². The summed E-state index contributed by atoms with van der Waals surface area (Å²) in [6.45, 7) is 9.87. The first kappa shape index (κ1) is 29.2. The van der Waals surface area contributed by atoms with Gasteiger partial charge in [0.2, 0.25) is 5.91 Å². The van der Waals surface area contributed by atoms with Crippen LogP contribution in [0.5, 0.6) is 0 Å². The van der Waals surface area contributed by atoms with Crippen LogP contribution in [-0.4, -0.2) is 75.2 Å². The predicted octanol–water partition coefficient (Wildman–Crippen LogP) is 5.17. The fourth-order valence-corrected chi connectivity index (χ4v) is 7.92. The number of nitrogens with zero attached hydrogens (tertiary/aromatic N) is 5. The maximum absolute atomic E-state index is 15.1. The highest BCUT2D eigenvalue weighted by Crippen LogP contribution is 2.51. The first-order valence-electron chi connectivity index (χ1n) is 13.9. The lowest BCUT2D eigenvalue weighted by Gasteiger charge is -2.45. The summed E-state index contributed by atoms with van der Waals surface area (Å²) < 4.78 is 52.2. The molecule has 2 aromatic heterocycles. The molecule has 0 bridgehead atoms. The molecule has 1 N–H and O–H groups in total. The van der Waals surface area contributed by atoms with Crippen molar-refractivity contribution in [2.45, 2.75) is 50.0 Å². The average molecular weight is 613 g/mol. The molecule has 1 amide bonds. The van der Waals surface area contributed by atoms with Gasteiger partial charge in [-0.3, -0.25) is 14.5 Å². The number of hydrogen-bond donors (Lipinski definition) is 1. The molecule has 0 radical (unpaired) electrons. The molecule has 2 aromatic carbocycles. The van der Waals surface area contributed by atoms with Crippen LogP contribution in [-0.2, 0) is 15.7 Å². The van der Waals surface area contributed by atoms with Crippen LogP contribution in [0.3, 0.4) is 0 Å². The molecule has 1 saturated heterocycles. The van der Waals surface area contributed by atoms with Gasteiger partial charge in [0.05, 0.1) is 35.4 Å². The number of anilines is 1. The molecular weight excluding hydrogens is 581 g/mol. The number of halogens is 3. The van der Waals surface area contributed by atoms with Crippen LogP contribution < -0.4 is 10.6 Å². The Labute approximate surface area is 249 Å². The number of aromatic nitrogens is 4. The van der Waals surface area contributed by atoms with Crippen molar-refractivity contribution in [1.82, 2.24) is 24.6 Å². The van der Waals surface area contributed by atoms with E-state index in [1.807, 2.05) is 18.7 Å². The Balaban J connectivity index is 1.69. The third-order valence-electron chi connectivity index (χ3n) is 8.32. The molecular formula is C30H31F3N6O3S. The van der Waals surface area contributed by atoms with Crippen LogP contribution in [0.15, 0.2) is 46.7 Å². The molecule has 1 fully saturated rings. The van der Waals surface area contributed by atoms with E-state index in [1.165, 1.54) is 35.7 Å². The van der Waals surface area contributed by atoms with Gasteiger partial charge in [0.15, 0.2) is 0 Å². The molecule has 1 unspecified atom stereocenters. The van der Waals surface area contributed by atoms with E-state index in [0.717, 1.165) is 6.07 Å². The summed E-state index contributed by atoms with van der Waals surface area (Å²) in [6, 6.07) is 3.69. The average Bonchev–Trinajstić information content (AvgIpc) is 3.43. The molecule has 3 atom stereocenters. The number of methoxy groups -OCH3 is 1. The van der Waals surface area contributed by atoms with Gasteiger partial charge in [-0.05, 0) is 50.1 Å². The highest BCUT2D eigenvalue weighted by Gasteiger charge is 2.41. The SMILES string of the molecule is C=CC(=O)N1[C@H](C)CN(c2nc(=O)n3c4c(c(-c5c(C)ccc6[nH]ncc56)c(C(F)(F)F)cc24)SCC3COC)C[C@@H]1C. The smallest absolute Gasteiger partial charge is 0.383 e. The Kier molecular flexibility index (Phi) is 7.28. The van der Waals surface area contributed by atoms with Gasteiger partial charge in [-0.15, -0.1) is 11.8 Å². The number of alkyl halides is 3. The molecule has 43 heavy (non-hydrogen) atoms. The summed E-state index contributed by atoms with van der Waals surface area (Å²) in [4.78, 5) is 34.6. The van der Waals surface area contributed by atoms with Gasteiger partial charge < -0.3 is 14.5 Å². The van der Waals surface area contributed by atoms with E-state index in [1.54, 1.807) is 24.0 Å². The Hall–Kier alpha value is -3.84. The number of nitrogens with one attached hydrogen (secondary N) is 1. The Morgan fingerprint density at radius 2 is 1.93 bits per heavy atom. The van der Waals surface area contributed by atoms with Crippen LogP contribution in [0.4, 0.5) is 19.0 Å². The lowest BCUT2D eigenvalue weighted by Crippen LogP contribution is -2.58. The standard InChI is InChI=1S/C30H31F3N6O3S/c1-6-23(40)38-16(3)11-37(12-17(38)4)28-19-9-21(30(31,32)33)25(24-15(2)7-8-22-20(24)10-34-36-22)27-26(19)39(29(41)35-28)18(13-42-5)14-43-27/h6-10,16-18H,1,11-14H2,2-5H3,(H,34,36)/t16-,17+,18?. The molecule has 2 aliphatic heterocycles. The zero-order valence-corrected chi connectivity index (χ0v) is 25.0. The van der Waals surface area contributed by atoms with Crippen molar-refractivity contribution in [3.8, 4) is 11.1 Å². The van der Waals surface area contributed by atoms with E-state index < -0.39 is 23.5 Å². The summed E-state index contributed by atoms with van der Waals surface area (Å²) in [6.07, 6.45) is -1.92. The second kappa shape index (κ2) is 10.7. The lowest BCUT2D eigenvalue weighted by molar-refractivity contribution is -0.137. The number of thioether (sulfide) groups is 1. The van der Waals surface area contributed by atoms with E-state index in [-0.39, 0.29) is 54.5 Å². The van der Waals surface area contributed by atoms with Crippen LogP contribution in [0.2, 0.25) is 0 Å². The summed E-state index contributed by atoms with van der Waals surface area (Å²) in [7, 11) is 1.53. The van der Waals surface area contributed by atoms with Crippen LogP contribution in [0.25, 0.3) is 32.9 Å². The third-order valence-corrected chi connectivity index (χ3v) is 9.56. The second-order valence-electron chi connectivity index (χ2n) is 11.2. The Morgan fingerprint density at radius 3 is 2.58 bits per heavy atom. The van der Waals surface area contributed by atoms with E-state index in [0.29, 0.717) is 38.2 Å². The predicted molar refractivity (Wildman–Crippen MR) is 161 cm³/mol. The Morgan fingerprint density at radius 1 is 1.21 bits per heavy atom. The topological polar surface area (TPSA) is 96.4 Å². The maximum Gasteiger partial charge on any atom is 0.417 e. The molecule has 0 saturated carbocycles. The minimum absolute atomic E-state index is 0.0267. The van der Waals surface area contributed by atoms with E-state index in [4.69, 9.17) is 4.74 Å². The van der Waals surface area contributed by atoms with Crippen molar-refractivity contribution in [3.63, 3.8) is 0 Å². The monoisotopic (exact) mass is 612 g/mol. The normalized spacial score (nSPS) is 20.7. The maximum atomic E-state index is 15.1. The fourth-order valence-electron chi connectivity index (χ4n) is 6.61. The number of amides is 1. The number of fused-ring (bicyclic) bond motifs is 1. The minimum Gasteiger partial charge on any atom is -0.383 e. The van der Waals surface area contributed by atoms with Crippen LogP contribution >= 0.6 is 11.8 Å². The van der Waals surface area contributed by atoms with Gasteiger partial charge >= 0.3 is 11.9 Å². The number of aromatic amines is 1. The van der Waals surface area contributed by atoms with Gasteiger partial charge in [-0.2, -0.15) is 23.3 Å². The van der Waals surface area contributed by atoms with Gasteiger partial charge in [0, 0.05) is 59.3 Å². The largest absolute Gasteiger partial charge is 0.417 e. The Bertz CT molecular complexity index is 1820. The molecule has 0 aliphatic carbocycles. The number of carbonyl (C=O) groups is 1. The zero-order chi connectivity index (χ0) is 30.8. The molecule has 4 aromatic rings. The van der Waals surface area contributed by atoms with Crippen molar-refractivity contribution in [2.75, 3.05) is 37.5 Å². The quantitative estimate of drug-likeness (QED) is 0.311. The fraction of sp³-hybridized carbons (Fsp3) is 0.400. The minimum atomic E-state index is -4.71. The second-order valence-corrected chi connectivity index (χ2v) is 12.2. The van der Waals surface area contributed by atoms with Crippen molar-refractivity contribution >= 4 is 45.3 Å². The van der Waals surface area contributed by atoms with E-state index in [2.05, 4.69) is 21.8 Å². The molecule has 9 nitrogen and oxygen atoms in total. The summed E-state index contributed by atoms with van der Waals surface area (Å²) >= 11 is 1.29. The molecule has 226 valence electrons. The molecule has 0 spiro atoms. The molecule has 6 rings (SSSR count). The zero-order valence-electron chi connectivity index (χ0n) is 24.2. The summed E-state index contributed by atoms with van der Waals surface area (Å²) in [5, 5.41) is 7.76. The highest BCUT2D eigenvalue weighted by molar-refractivity contribution is 7.99. The van der Waals surface area contributed by atoms with Crippen LogP contribution in [0, 0.1) is 6.92 Å². The van der Waals surface area contributed by atoms with Gasteiger partial charge in [0.25, 0.3) is 0 Å². The van der Waals surface area contributed by atoms with Gasteiger partial charge in [-0.25, -0.2) is 4.79 Å². The van der Waals surface area contributed by atoms with Gasteiger partial charge in [-0.1, -0.05) is 12.6 Å². The van der Waals surface area contributed by atoms with Gasteiger partial charge in [0.1, 0.15) is 5.82 Å². The highest BCUT2D eigenvalue weighted by atomic mass is 32.2. The number of ether oxygens (including phenoxy) is 1.